The molecule has 1 aromatic heterocycles. The minimum atomic E-state index is -7.00. The molecule has 0 radical (unpaired) electrons. The van der Waals surface area contributed by atoms with Gasteiger partial charge in [0.1, 0.15) is 5.69 Å². The Kier molecular flexibility index (Phi) is 9.46. The van der Waals surface area contributed by atoms with Crippen molar-refractivity contribution < 1.29 is 44.6 Å². The van der Waals surface area contributed by atoms with Gasteiger partial charge >= 0.3 is 23.9 Å². The number of halogens is 9. The minimum Gasteiger partial charge on any atom is -0.396 e. The standard InChI is InChI=1S/C23H27F9N2O2/c1-34-17-12-8-7-11-16(17)33-18(19(34)36)15(10-6-4-2-3-5-9-13-35)14-20(24,25)21(26,27)22(28,29)23(30,31)32/h7-8,11-12,15,35H,2-6,9-10,13-14H2,1H3/t15-/m0/s1. The fourth-order valence-electron chi connectivity index (χ4n) is 3.96. The summed E-state index contributed by atoms with van der Waals surface area (Å²) in [4.78, 5) is 16.8. The number of para-hydroxylation sites is 2. The van der Waals surface area contributed by atoms with Crippen molar-refractivity contribution in [2.75, 3.05) is 6.61 Å². The molecule has 1 N–H and O–H groups in total. The van der Waals surface area contributed by atoms with Crippen LogP contribution in [0.1, 0.15) is 63.0 Å². The molecule has 1 heterocycles. The molecule has 0 saturated carbocycles. The summed E-state index contributed by atoms with van der Waals surface area (Å²) in [7, 11) is 1.28. The summed E-state index contributed by atoms with van der Waals surface area (Å²) in [5.74, 6) is -21.4. The molecule has 36 heavy (non-hydrogen) atoms. The van der Waals surface area contributed by atoms with Gasteiger partial charge < -0.3 is 9.67 Å². The van der Waals surface area contributed by atoms with Crippen molar-refractivity contribution >= 4 is 11.0 Å². The first-order chi connectivity index (χ1) is 16.6. The van der Waals surface area contributed by atoms with Crippen molar-refractivity contribution in [1.29, 1.82) is 0 Å². The van der Waals surface area contributed by atoms with Crippen molar-refractivity contribution in [3.63, 3.8) is 0 Å². The largest absolute Gasteiger partial charge is 0.460 e. The van der Waals surface area contributed by atoms with E-state index in [0.717, 1.165) is 4.57 Å². The lowest BCUT2D eigenvalue weighted by Crippen LogP contribution is -2.61. The molecule has 0 saturated heterocycles. The Bertz CT molecular complexity index is 1070. The number of aryl methyl sites for hydroxylation is 1. The SMILES string of the molecule is Cn1c(=O)c([C@@H](CCCCCCCCO)CC(F)(F)C(F)(F)C(F)(F)C(F)(F)F)nc2ccccc21. The average molecular weight is 534 g/mol. The Morgan fingerprint density at radius 2 is 1.42 bits per heavy atom. The number of aliphatic hydroxyl groups excluding tert-OH is 1. The van der Waals surface area contributed by atoms with Crippen molar-refractivity contribution in [3.8, 4) is 0 Å². The normalized spacial score (nSPS) is 14.4. The molecule has 0 unspecified atom stereocenters. The first kappa shape index (κ1) is 29.9. The number of fused-ring (bicyclic) bond motifs is 1. The van der Waals surface area contributed by atoms with E-state index in [1.54, 1.807) is 6.07 Å². The number of aromatic nitrogens is 2. The number of aliphatic hydroxyl groups is 1. The highest BCUT2D eigenvalue weighted by molar-refractivity contribution is 5.74. The molecule has 0 aliphatic heterocycles. The summed E-state index contributed by atoms with van der Waals surface area (Å²) in [5.41, 5.74) is -1.13. The summed E-state index contributed by atoms with van der Waals surface area (Å²) >= 11 is 0. The number of hydrogen-bond acceptors (Lipinski definition) is 3. The maximum Gasteiger partial charge on any atom is 0.460 e. The molecule has 13 heteroatoms. The Balaban J connectivity index is 2.42. The second-order valence-electron chi connectivity index (χ2n) is 8.74. The van der Waals surface area contributed by atoms with Crippen molar-refractivity contribution in [2.45, 2.75) is 81.2 Å². The number of nitrogens with zero attached hydrogens (tertiary/aromatic N) is 2. The van der Waals surface area contributed by atoms with Gasteiger partial charge in [-0.3, -0.25) is 4.79 Å². The van der Waals surface area contributed by atoms with E-state index in [0.29, 0.717) is 32.1 Å². The molecule has 0 aliphatic rings. The first-order valence-electron chi connectivity index (χ1n) is 11.3. The zero-order chi connectivity index (χ0) is 27.4. The summed E-state index contributed by atoms with van der Waals surface area (Å²) in [6, 6.07) is 5.98. The second kappa shape index (κ2) is 11.4. The van der Waals surface area contributed by atoms with E-state index in [1.165, 1.54) is 25.2 Å². The number of hydrogen-bond donors (Lipinski definition) is 1. The highest BCUT2D eigenvalue weighted by atomic mass is 19.4. The predicted molar refractivity (Wildman–Crippen MR) is 115 cm³/mol. The van der Waals surface area contributed by atoms with Crippen molar-refractivity contribution in [2.24, 2.45) is 7.05 Å². The fraction of sp³-hybridized carbons (Fsp3) is 0.652. The van der Waals surface area contributed by atoms with Gasteiger partial charge in [0.15, 0.2) is 0 Å². The van der Waals surface area contributed by atoms with Gasteiger partial charge in [0, 0.05) is 26.0 Å². The van der Waals surface area contributed by atoms with Crippen LogP contribution < -0.4 is 5.56 Å². The van der Waals surface area contributed by atoms with Crippen molar-refractivity contribution in [1.82, 2.24) is 9.55 Å². The van der Waals surface area contributed by atoms with Crippen molar-refractivity contribution in [3.05, 3.63) is 40.3 Å². The van der Waals surface area contributed by atoms with Gasteiger partial charge in [-0.05, 0) is 25.0 Å². The van der Waals surface area contributed by atoms with Gasteiger partial charge in [-0.2, -0.15) is 39.5 Å². The smallest absolute Gasteiger partial charge is 0.396 e. The number of benzene rings is 1. The van der Waals surface area contributed by atoms with Crippen LogP contribution >= 0.6 is 0 Å². The monoisotopic (exact) mass is 534 g/mol. The van der Waals surface area contributed by atoms with E-state index < -0.39 is 47.5 Å². The minimum absolute atomic E-state index is 0.00907. The predicted octanol–water partition coefficient (Wildman–Crippen LogP) is 6.60. The molecule has 204 valence electrons. The van der Waals surface area contributed by atoms with Crippen LogP contribution in [0, 0.1) is 0 Å². The zero-order valence-corrected chi connectivity index (χ0v) is 19.4. The third-order valence-electron chi connectivity index (χ3n) is 6.07. The molecule has 1 atom stereocenters. The maximum atomic E-state index is 14.5. The summed E-state index contributed by atoms with van der Waals surface area (Å²) < 4.78 is 123. The van der Waals surface area contributed by atoms with E-state index in [9.17, 15) is 44.3 Å². The van der Waals surface area contributed by atoms with Gasteiger partial charge in [-0.15, -0.1) is 0 Å². The van der Waals surface area contributed by atoms with Crippen LogP contribution in [0.3, 0.4) is 0 Å². The Labute approximate surface area is 201 Å². The lowest BCUT2D eigenvalue weighted by atomic mass is 9.87. The average Bonchev–Trinajstić information content (AvgIpc) is 2.79. The quantitative estimate of drug-likeness (QED) is 0.233. The maximum absolute atomic E-state index is 14.5. The van der Waals surface area contributed by atoms with Crippen LogP contribution in [0.25, 0.3) is 11.0 Å². The van der Waals surface area contributed by atoms with Crippen LogP contribution in [-0.2, 0) is 7.05 Å². The molecule has 2 rings (SSSR count). The number of rotatable bonds is 13. The molecule has 4 nitrogen and oxygen atoms in total. The number of alkyl halides is 9. The highest BCUT2D eigenvalue weighted by Gasteiger charge is 2.81. The fourth-order valence-corrected chi connectivity index (χ4v) is 3.96. The van der Waals surface area contributed by atoms with E-state index in [1.807, 2.05) is 0 Å². The van der Waals surface area contributed by atoms with Crippen LogP contribution in [-0.4, -0.2) is 45.2 Å². The third kappa shape index (κ3) is 6.15. The lowest BCUT2D eigenvalue weighted by molar-refractivity contribution is -0.397. The molecule has 0 bridgehead atoms. The first-order valence-corrected chi connectivity index (χ1v) is 11.3. The Morgan fingerprint density at radius 3 is 2.00 bits per heavy atom. The van der Waals surface area contributed by atoms with Gasteiger partial charge in [-0.25, -0.2) is 4.98 Å². The second-order valence-corrected chi connectivity index (χ2v) is 8.74. The van der Waals surface area contributed by atoms with Crippen LogP contribution in [0.15, 0.2) is 29.1 Å². The Hall–Kier alpha value is -2.31. The number of unbranched alkanes of at least 4 members (excludes halogenated alkanes) is 5. The van der Waals surface area contributed by atoms with E-state index in [-0.39, 0.29) is 30.5 Å². The van der Waals surface area contributed by atoms with E-state index >= 15 is 0 Å². The highest BCUT2D eigenvalue weighted by Crippen LogP contribution is 2.55. The van der Waals surface area contributed by atoms with Crippen LogP contribution in [0.5, 0.6) is 0 Å². The molecule has 0 spiro atoms. The van der Waals surface area contributed by atoms with Gasteiger partial charge in [0.2, 0.25) is 0 Å². The van der Waals surface area contributed by atoms with E-state index in [4.69, 9.17) is 5.11 Å². The third-order valence-corrected chi connectivity index (χ3v) is 6.07. The van der Waals surface area contributed by atoms with Crippen LogP contribution in [0.4, 0.5) is 39.5 Å². The zero-order valence-electron chi connectivity index (χ0n) is 19.4. The molecular weight excluding hydrogens is 507 g/mol. The molecule has 1 aromatic carbocycles. The van der Waals surface area contributed by atoms with Gasteiger partial charge in [-0.1, -0.05) is 44.2 Å². The molecule has 0 fully saturated rings. The molecule has 0 amide bonds. The van der Waals surface area contributed by atoms with E-state index in [2.05, 4.69) is 4.98 Å². The topological polar surface area (TPSA) is 55.1 Å². The molecule has 2 aromatic rings. The lowest BCUT2D eigenvalue weighted by Gasteiger charge is -2.35. The summed E-state index contributed by atoms with van der Waals surface area (Å²) in [6.07, 6.45) is -6.41. The van der Waals surface area contributed by atoms with Gasteiger partial charge in [0.05, 0.1) is 11.0 Å². The Morgan fingerprint density at radius 1 is 0.861 bits per heavy atom. The molecular formula is C23H27F9N2O2. The summed E-state index contributed by atoms with van der Waals surface area (Å²) in [6.45, 7) is -0.00907. The molecule has 0 aliphatic carbocycles. The van der Waals surface area contributed by atoms with Crippen LogP contribution in [0.2, 0.25) is 0 Å². The summed E-state index contributed by atoms with van der Waals surface area (Å²) in [5, 5.41) is 8.78. The van der Waals surface area contributed by atoms with Gasteiger partial charge in [0.25, 0.3) is 5.56 Å².